The largest absolute Gasteiger partial charge is 0.354 e. The predicted octanol–water partition coefficient (Wildman–Crippen LogP) is 2.94. The van der Waals surface area contributed by atoms with Gasteiger partial charge in [0, 0.05) is 42.0 Å². The van der Waals surface area contributed by atoms with Crippen molar-refractivity contribution in [2.24, 2.45) is 0 Å². The van der Waals surface area contributed by atoms with E-state index < -0.39 is 0 Å². The van der Waals surface area contributed by atoms with Crippen LogP contribution in [0.2, 0.25) is 0 Å². The first-order valence-electron chi connectivity index (χ1n) is 8.73. The predicted molar refractivity (Wildman–Crippen MR) is 103 cm³/mol. The van der Waals surface area contributed by atoms with Gasteiger partial charge in [-0.05, 0) is 38.0 Å². The minimum Gasteiger partial charge on any atom is -0.354 e. The zero-order valence-electron chi connectivity index (χ0n) is 15.3. The molecule has 0 saturated carbocycles. The highest BCUT2D eigenvalue weighted by atomic mass is 32.1. The molecule has 0 aliphatic rings. The molecule has 1 N–H and O–H groups in total. The lowest BCUT2D eigenvalue weighted by molar-refractivity contribution is -0.121. The summed E-state index contributed by atoms with van der Waals surface area (Å²) in [6.07, 6.45) is 5.17. The van der Waals surface area contributed by atoms with Crippen LogP contribution in [0.5, 0.6) is 0 Å². The molecule has 3 rings (SSSR count). The highest BCUT2D eigenvalue weighted by Crippen LogP contribution is 2.22. The highest BCUT2D eigenvalue weighted by molar-refractivity contribution is 7.13. The van der Waals surface area contributed by atoms with E-state index in [1.54, 1.807) is 28.4 Å². The number of amides is 1. The number of rotatable bonds is 7. The van der Waals surface area contributed by atoms with Crippen LogP contribution in [0, 0.1) is 13.8 Å². The van der Waals surface area contributed by atoms with Gasteiger partial charge in [-0.25, -0.2) is 4.98 Å². The number of aryl methyl sites for hydroxylation is 1. The number of carbonyl (C=O) groups excluding carboxylic acids is 1. The molecule has 0 atom stereocenters. The third-order valence-corrected chi connectivity index (χ3v) is 5.30. The number of aromatic nitrogens is 4. The molecule has 7 heteroatoms. The summed E-state index contributed by atoms with van der Waals surface area (Å²) in [7, 11) is 0. The smallest absolute Gasteiger partial charge is 0.241 e. The van der Waals surface area contributed by atoms with Gasteiger partial charge in [-0.3, -0.25) is 14.5 Å². The Kier molecular flexibility index (Phi) is 5.78. The van der Waals surface area contributed by atoms with Gasteiger partial charge in [0.25, 0.3) is 0 Å². The molecule has 0 bridgehead atoms. The van der Waals surface area contributed by atoms with Crippen LogP contribution in [0.15, 0.2) is 29.9 Å². The van der Waals surface area contributed by atoms with Crippen molar-refractivity contribution in [1.29, 1.82) is 0 Å². The molecule has 1 amide bonds. The molecule has 3 aromatic heterocycles. The zero-order chi connectivity index (χ0) is 18.5. The molecule has 0 radical (unpaired) electrons. The summed E-state index contributed by atoms with van der Waals surface area (Å²) in [5.74, 6) is -0.0251. The highest BCUT2D eigenvalue weighted by Gasteiger charge is 2.12. The number of hydrogen-bond acceptors (Lipinski definition) is 5. The van der Waals surface area contributed by atoms with Crippen molar-refractivity contribution in [1.82, 2.24) is 25.1 Å². The molecule has 3 aromatic rings. The van der Waals surface area contributed by atoms with Gasteiger partial charge in [-0.15, -0.1) is 11.3 Å². The molecule has 6 nitrogen and oxygen atoms in total. The first kappa shape index (κ1) is 18.3. The van der Waals surface area contributed by atoms with Crippen LogP contribution in [0.25, 0.3) is 10.6 Å². The number of hydrogen-bond donors (Lipinski definition) is 1. The van der Waals surface area contributed by atoms with E-state index in [1.807, 2.05) is 31.4 Å². The standard InChI is InChI=1S/C19H23N5OS/c1-4-17-13(2)23-24(14(17)3)11-18(25)21-10-7-16-12-26-19(22-16)15-5-8-20-9-6-15/h5-6,8-9,12H,4,7,10-11H2,1-3H3,(H,21,25). The van der Waals surface area contributed by atoms with Crippen LogP contribution in [0.1, 0.15) is 29.6 Å². The minimum atomic E-state index is -0.0251. The van der Waals surface area contributed by atoms with Gasteiger partial charge in [0.2, 0.25) is 5.91 Å². The summed E-state index contributed by atoms with van der Waals surface area (Å²) in [5.41, 5.74) is 5.35. The van der Waals surface area contributed by atoms with Crippen LogP contribution in [0.4, 0.5) is 0 Å². The molecule has 0 unspecified atom stereocenters. The van der Waals surface area contributed by atoms with Crippen LogP contribution < -0.4 is 5.32 Å². The summed E-state index contributed by atoms with van der Waals surface area (Å²) in [4.78, 5) is 20.8. The molecule has 0 aliphatic carbocycles. The zero-order valence-corrected chi connectivity index (χ0v) is 16.1. The summed E-state index contributed by atoms with van der Waals surface area (Å²) in [6.45, 7) is 6.94. The Morgan fingerprint density at radius 1 is 1.27 bits per heavy atom. The number of pyridine rings is 1. The van der Waals surface area contributed by atoms with Crippen molar-refractivity contribution in [3.63, 3.8) is 0 Å². The Hall–Kier alpha value is -2.54. The number of nitrogens with zero attached hydrogens (tertiary/aromatic N) is 4. The second kappa shape index (κ2) is 8.23. The fourth-order valence-electron chi connectivity index (χ4n) is 2.97. The maximum Gasteiger partial charge on any atom is 0.241 e. The Morgan fingerprint density at radius 3 is 2.73 bits per heavy atom. The first-order valence-corrected chi connectivity index (χ1v) is 9.60. The van der Waals surface area contributed by atoms with Gasteiger partial charge in [0.1, 0.15) is 11.6 Å². The fraction of sp³-hybridized carbons (Fsp3) is 0.368. The summed E-state index contributed by atoms with van der Waals surface area (Å²) in [6, 6.07) is 3.90. The van der Waals surface area contributed by atoms with Crippen molar-refractivity contribution >= 4 is 17.2 Å². The van der Waals surface area contributed by atoms with Crippen molar-refractivity contribution in [3.8, 4) is 10.6 Å². The van der Waals surface area contributed by atoms with Gasteiger partial charge in [0.05, 0.1) is 11.4 Å². The van der Waals surface area contributed by atoms with E-state index >= 15 is 0 Å². The third-order valence-electron chi connectivity index (χ3n) is 4.36. The Morgan fingerprint density at radius 2 is 2.04 bits per heavy atom. The average molecular weight is 369 g/mol. The normalized spacial score (nSPS) is 10.9. The summed E-state index contributed by atoms with van der Waals surface area (Å²) >= 11 is 1.61. The van der Waals surface area contributed by atoms with Gasteiger partial charge < -0.3 is 5.32 Å². The Bertz CT molecular complexity index is 885. The van der Waals surface area contributed by atoms with Crippen LogP contribution >= 0.6 is 11.3 Å². The van der Waals surface area contributed by atoms with Crippen LogP contribution in [0.3, 0.4) is 0 Å². The monoisotopic (exact) mass is 369 g/mol. The molecule has 0 aromatic carbocycles. The molecule has 0 aliphatic heterocycles. The molecule has 0 saturated heterocycles. The third kappa shape index (κ3) is 4.16. The lowest BCUT2D eigenvalue weighted by Gasteiger charge is -2.06. The molecule has 3 heterocycles. The second-order valence-corrected chi connectivity index (χ2v) is 7.00. The van der Waals surface area contributed by atoms with E-state index in [0.29, 0.717) is 13.0 Å². The fourth-order valence-corrected chi connectivity index (χ4v) is 3.83. The molecule has 136 valence electrons. The number of carbonyl (C=O) groups is 1. The van der Waals surface area contributed by atoms with E-state index in [0.717, 1.165) is 34.1 Å². The average Bonchev–Trinajstić information content (AvgIpc) is 3.21. The first-order chi connectivity index (χ1) is 12.6. The lowest BCUT2D eigenvalue weighted by atomic mass is 10.1. The summed E-state index contributed by atoms with van der Waals surface area (Å²) < 4.78 is 1.79. The quantitative estimate of drug-likeness (QED) is 0.695. The maximum absolute atomic E-state index is 12.2. The van der Waals surface area contributed by atoms with Crippen molar-refractivity contribution in [2.45, 2.75) is 40.2 Å². The van der Waals surface area contributed by atoms with E-state index in [-0.39, 0.29) is 12.5 Å². The molecule has 0 fully saturated rings. The van der Waals surface area contributed by atoms with Gasteiger partial charge >= 0.3 is 0 Å². The van der Waals surface area contributed by atoms with Crippen LogP contribution in [-0.4, -0.2) is 32.2 Å². The van der Waals surface area contributed by atoms with Crippen molar-refractivity contribution < 1.29 is 4.79 Å². The number of nitrogens with one attached hydrogen (secondary N) is 1. The molecule has 0 spiro atoms. The SMILES string of the molecule is CCc1c(C)nn(CC(=O)NCCc2csc(-c3ccncc3)n2)c1C. The van der Waals surface area contributed by atoms with E-state index in [1.165, 1.54) is 5.56 Å². The van der Waals surface area contributed by atoms with E-state index in [2.05, 4.69) is 27.3 Å². The molecular formula is C19H23N5OS. The molecule has 26 heavy (non-hydrogen) atoms. The molecular weight excluding hydrogens is 346 g/mol. The second-order valence-electron chi connectivity index (χ2n) is 6.14. The van der Waals surface area contributed by atoms with E-state index in [4.69, 9.17) is 0 Å². The topological polar surface area (TPSA) is 72.7 Å². The maximum atomic E-state index is 12.2. The number of thiazole rings is 1. The minimum absolute atomic E-state index is 0.0251. The van der Waals surface area contributed by atoms with Crippen LogP contribution in [-0.2, 0) is 24.2 Å². The van der Waals surface area contributed by atoms with Gasteiger partial charge in [-0.1, -0.05) is 6.92 Å². The van der Waals surface area contributed by atoms with Crippen molar-refractivity contribution in [2.75, 3.05) is 6.54 Å². The van der Waals surface area contributed by atoms with Gasteiger partial charge in [-0.2, -0.15) is 5.10 Å². The van der Waals surface area contributed by atoms with E-state index in [9.17, 15) is 4.79 Å². The Balaban J connectivity index is 1.51. The Labute approximate surface area is 157 Å². The van der Waals surface area contributed by atoms with Crippen molar-refractivity contribution in [3.05, 3.63) is 52.6 Å². The summed E-state index contributed by atoms with van der Waals surface area (Å²) in [5, 5.41) is 10.4. The lowest BCUT2D eigenvalue weighted by Crippen LogP contribution is -2.30. The van der Waals surface area contributed by atoms with Gasteiger partial charge in [0.15, 0.2) is 0 Å².